The van der Waals surface area contributed by atoms with E-state index in [9.17, 15) is 0 Å². The molecule has 0 atom stereocenters. The lowest BCUT2D eigenvalue weighted by Crippen LogP contribution is -2.51. The Labute approximate surface area is 120 Å². The summed E-state index contributed by atoms with van der Waals surface area (Å²) in [6.07, 6.45) is 5.76. The maximum absolute atomic E-state index is 5.19. The minimum absolute atomic E-state index is 0.938. The molecular formula is C16H36N2O+2. The van der Waals surface area contributed by atoms with Crippen molar-refractivity contribution in [3.63, 3.8) is 0 Å². The molecule has 114 valence electrons. The van der Waals surface area contributed by atoms with E-state index in [1.54, 1.807) is 0 Å². The molecule has 0 aliphatic carbocycles. The highest BCUT2D eigenvalue weighted by atomic mass is 16.5. The molecule has 3 nitrogen and oxygen atoms in total. The van der Waals surface area contributed by atoms with Gasteiger partial charge in [-0.3, -0.25) is 0 Å². The molecule has 0 spiro atoms. The predicted molar refractivity (Wildman–Crippen MR) is 82.2 cm³/mol. The van der Waals surface area contributed by atoms with Gasteiger partial charge >= 0.3 is 0 Å². The van der Waals surface area contributed by atoms with Crippen LogP contribution in [0.4, 0.5) is 0 Å². The van der Waals surface area contributed by atoms with Crippen LogP contribution in [-0.2, 0) is 4.74 Å². The van der Waals surface area contributed by atoms with E-state index in [1.165, 1.54) is 69.4 Å². The molecule has 3 heteroatoms. The second-order valence-electron chi connectivity index (χ2n) is 6.88. The van der Waals surface area contributed by atoms with Crippen molar-refractivity contribution in [2.75, 3.05) is 66.6 Å². The summed E-state index contributed by atoms with van der Waals surface area (Å²) in [5, 5.41) is 0. The molecule has 2 rings (SSSR count). The maximum Gasteiger partial charge on any atom is 0.102 e. The van der Waals surface area contributed by atoms with Crippen LogP contribution in [0.15, 0.2) is 0 Å². The Kier molecular flexibility index (Phi) is 7.33. The number of likely N-dealkylation sites (N-methyl/N-ethyl adjacent to an activating group) is 1. The van der Waals surface area contributed by atoms with Crippen LogP contribution in [0.5, 0.6) is 0 Å². The van der Waals surface area contributed by atoms with Crippen molar-refractivity contribution < 1.29 is 13.7 Å². The smallest absolute Gasteiger partial charge is 0.102 e. The number of hydrogen-bond acceptors (Lipinski definition) is 1. The van der Waals surface area contributed by atoms with E-state index >= 15 is 0 Å². The summed E-state index contributed by atoms with van der Waals surface area (Å²) in [5.74, 6) is 0. The number of hydrogen-bond donors (Lipinski definition) is 0. The van der Waals surface area contributed by atoms with Gasteiger partial charge in [-0.1, -0.05) is 6.92 Å². The van der Waals surface area contributed by atoms with Crippen LogP contribution in [0.2, 0.25) is 0 Å². The van der Waals surface area contributed by atoms with Crippen molar-refractivity contribution in [1.29, 1.82) is 0 Å². The third-order valence-corrected chi connectivity index (χ3v) is 4.82. The second-order valence-corrected chi connectivity index (χ2v) is 6.88. The third-order valence-electron chi connectivity index (χ3n) is 4.82. The molecule has 0 bridgehead atoms. The molecule has 2 heterocycles. The van der Waals surface area contributed by atoms with Crippen molar-refractivity contribution >= 4 is 0 Å². The molecule has 2 saturated heterocycles. The van der Waals surface area contributed by atoms with Crippen LogP contribution < -0.4 is 0 Å². The SMILES string of the molecule is CCC[N+]1(CC)CCCCC1.C[N+]1(C)CCOCC1. The summed E-state index contributed by atoms with van der Waals surface area (Å²) in [4.78, 5) is 0. The monoisotopic (exact) mass is 272 g/mol. The second kappa shape index (κ2) is 8.23. The molecule has 0 N–H and O–H groups in total. The van der Waals surface area contributed by atoms with E-state index in [4.69, 9.17) is 4.74 Å². The van der Waals surface area contributed by atoms with Gasteiger partial charge in [-0.2, -0.15) is 0 Å². The molecule has 0 aromatic heterocycles. The number of nitrogens with zero attached hydrogens (tertiary/aromatic N) is 2. The fourth-order valence-electron chi connectivity index (χ4n) is 3.19. The Morgan fingerprint density at radius 3 is 1.79 bits per heavy atom. The lowest BCUT2D eigenvalue weighted by molar-refractivity contribution is -0.930. The minimum atomic E-state index is 0.938. The predicted octanol–water partition coefficient (Wildman–Crippen LogP) is 2.51. The molecular weight excluding hydrogens is 236 g/mol. The first-order valence-electron chi connectivity index (χ1n) is 8.28. The molecule has 2 aliphatic rings. The molecule has 0 aromatic rings. The molecule has 2 aliphatic heterocycles. The molecule has 0 radical (unpaired) electrons. The normalized spacial score (nSPS) is 25.3. The zero-order valence-electron chi connectivity index (χ0n) is 13.8. The van der Waals surface area contributed by atoms with Crippen LogP contribution in [0.3, 0.4) is 0 Å². The van der Waals surface area contributed by atoms with Crippen molar-refractivity contribution in [3.8, 4) is 0 Å². The number of ether oxygens (including phenoxy) is 1. The number of piperidine rings is 1. The summed E-state index contributed by atoms with van der Waals surface area (Å²) in [7, 11) is 4.48. The van der Waals surface area contributed by atoms with E-state index in [0.29, 0.717) is 0 Å². The third kappa shape index (κ3) is 6.24. The molecule has 0 aromatic carbocycles. The van der Waals surface area contributed by atoms with Gasteiger partial charge in [0.2, 0.25) is 0 Å². The van der Waals surface area contributed by atoms with Gasteiger partial charge in [0.05, 0.1) is 53.5 Å². The fraction of sp³-hybridized carbons (Fsp3) is 1.00. The topological polar surface area (TPSA) is 9.23 Å². The van der Waals surface area contributed by atoms with Crippen molar-refractivity contribution in [2.45, 2.75) is 39.5 Å². The van der Waals surface area contributed by atoms with Gasteiger partial charge in [0.15, 0.2) is 0 Å². The highest BCUT2D eigenvalue weighted by Gasteiger charge is 2.26. The van der Waals surface area contributed by atoms with E-state index in [2.05, 4.69) is 27.9 Å². The summed E-state index contributed by atoms with van der Waals surface area (Å²) in [6, 6.07) is 0. The Morgan fingerprint density at radius 1 is 0.842 bits per heavy atom. The summed E-state index contributed by atoms with van der Waals surface area (Å²) < 4.78 is 7.73. The van der Waals surface area contributed by atoms with Gasteiger partial charge < -0.3 is 13.7 Å². The molecule has 0 saturated carbocycles. The summed E-state index contributed by atoms with van der Waals surface area (Å²) in [5.41, 5.74) is 0. The molecule has 19 heavy (non-hydrogen) atoms. The number of likely N-dealkylation sites (tertiary alicyclic amines) is 1. The molecule has 0 amide bonds. The minimum Gasteiger partial charge on any atom is -0.370 e. The van der Waals surface area contributed by atoms with Crippen molar-refractivity contribution in [3.05, 3.63) is 0 Å². The van der Waals surface area contributed by atoms with Crippen LogP contribution in [0.25, 0.3) is 0 Å². The van der Waals surface area contributed by atoms with Gasteiger partial charge in [-0.05, 0) is 32.6 Å². The largest absolute Gasteiger partial charge is 0.370 e. The van der Waals surface area contributed by atoms with Gasteiger partial charge in [-0.25, -0.2) is 0 Å². The van der Waals surface area contributed by atoms with Gasteiger partial charge in [0, 0.05) is 0 Å². The van der Waals surface area contributed by atoms with Gasteiger partial charge in [-0.15, -0.1) is 0 Å². The first-order chi connectivity index (χ1) is 9.04. The number of rotatable bonds is 3. The highest BCUT2D eigenvalue weighted by molar-refractivity contribution is 4.52. The summed E-state index contributed by atoms with van der Waals surface area (Å²) in [6.45, 7) is 14.5. The fourth-order valence-corrected chi connectivity index (χ4v) is 3.19. The van der Waals surface area contributed by atoms with Crippen molar-refractivity contribution in [2.24, 2.45) is 0 Å². The van der Waals surface area contributed by atoms with E-state index in [-0.39, 0.29) is 0 Å². The molecule has 0 unspecified atom stereocenters. The van der Waals surface area contributed by atoms with Crippen LogP contribution in [0, 0.1) is 0 Å². The standard InChI is InChI=1S/C10H22N.C6H14NO/c1-3-8-11(4-2)9-6-5-7-10-11;1-7(2)3-5-8-6-4-7/h3-10H2,1-2H3;3-6H2,1-2H3/q2*+1. The number of quaternary nitrogens is 2. The Bertz CT molecular complexity index is 221. The lowest BCUT2D eigenvalue weighted by atomic mass is 10.1. The molecule has 2 fully saturated rings. The average molecular weight is 272 g/mol. The first-order valence-corrected chi connectivity index (χ1v) is 8.28. The van der Waals surface area contributed by atoms with Gasteiger partial charge in [0.25, 0.3) is 0 Å². The van der Waals surface area contributed by atoms with E-state index < -0.39 is 0 Å². The Morgan fingerprint density at radius 2 is 1.42 bits per heavy atom. The van der Waals surface area contributed by atoms with Crippen molar-refractivity contribution in [1.82, 2.24) is 0 Å². The van der Waals surface area contributed by atoms with E-state index in [1.807, 2.05) is 0 Å². The van der Waals surface area contributed by atoms with Gasteiger partial charge in [0.1, 0.15) is 13.1 Å². The van der Waals surface area contributed by atoms with Crippen LogP contribution in [-0.4, -0.2) is 75.5 Å². The maximum atomic E-state index is 5.19. The lowest BCUT2D eigenvalue weighted by Gasteiger charge is -2.40. The zero-order chi connectivity index (χ0) is 14.2. The average Bonchev–Trinajstić information content (AvgIpc) is 2.40. The summed E-state index contributed by atoms with van der Waals surface area (Å²) >= 11 is 0. The Balaban J connectivity index is 0.000000200. The zero-order valence-corrected chi connectivity index (χ0v) is 13.8. The quantitative estimate of drug-likeness (QED) is 0.717. The number of morpholine rings is 1. The first kappa shape index (κ1) is 16.9. The van der Waals surface area contributed by atoms with Crippen LogP contribution >= 0.6 is 0 Å². The Hall–Kier alpha value is -0.120. The van der Waals surface area contributed by atoms with E-state index in [0.717, 1.165) is 17.7 Å². The van der Waals surface area contributed by atoms with Crippen LogP contribution in [0.1, 0.15) is 39.5 Å². The highest BCUT2D eigenvalue weighted by Crippen LogP contribution is 2.18.